The fourth-order valence-electron chi connectivity index (χ4n) is 1.53. The predicted molar refractivity (Wildman–Crippen MR) is 59.8 cm³/mol. The van der Waals surface area contributed by atoms with Crippen molar-refractivity contribution in [2.75, 3.05) is 0 Å². The molecular formula is C11H16N4O. The molecule has 0 amide bonds. The van der Waals surface area contributed by atoms with Crippen LogP contribution in [0.2, 0.25) is 0 Å². The molecule has 2 aromatic rings. The average Bonchev–Trinajstić information content (AvgIpc) is 2.87. The first kappa shape index (κ1) is 10.9. The van der Waals surface area contributed by atoms with E-state index in [0.717, 1.165) is 24.6 Å². The Labute approximate surface area is 94.5 Å². The van der Waals surface area contributed by atoms with Gasteiger partial charge in [-0.3, -0.25) is 4.68 Å². The van der Waals surface area contributed by atoms with E-state index in [2.05, 4.69) is 22.3 Å². The zero-order valence-electron chi connectivity index (χ0n) is 9.55. The van der Waals surface area contributed by atoms with Crippen LogP contribution >= 0.6 is 0 Å². The van der Waals surface area contributed by atoms with E-state index in [0.29, 0.717) is 6.04 Å². The minimum Gasteiger partial charge on any atom is -0.465 e. The number of aromatic nitrogens is 3. The van der Waals surface area contributed by atoms with Crippen molar-refractivity contribution in [2.24, 2.45) is 0 Å². The van der Waals surface area contributed by atoms with Gasteiger partial charge in [-0.1, -0.05) is 0 Å². The lowest BCUT2D eigenvalue weighted by molar-refractivity contribution is 0.408. The number of hydrogen-bond donors (Lipinski definition) is 1. The van der Waals surface area contributed by atoms with E-state index in [1.165, 1.54) is 0 Å². The standard InChI is InChI=1S/C11H16N4O/c1-9(6-15-8-12-7-14-15)13-5-11-4-3-10(2)16-11/h3-4,7-9,13H,5-6H2,1-2H3. The summed E-state index contributed by atoms with van der Waals surface area (Å²) < 4.78 is 7.28. The van der Waals surface area contributed by atoms with Gasteiger partial charge in [0.1, 0.15) is 24.2 Å². The molecule has 1 unspecified atom stereocenters. The van der Waals surface area contributed by atoms with Gasteiger partial charge >= 0.3 is 0 Å². The normalized spacial score (nSPS) is 12.9. The van der Waals surface area contributed by atoms with Gasteiger partial charge in [0.25, 0.3) is 0 Å². The molecule has 5 nitrogen and oxygen atoms in total. The molecule has 0 saturated carbocycles. The first-order valence-electron chi connectivity index (χ1n) is 5.35. The van der Waals surface area contributed by atoms with E-state index in [4.69, 9.17) is 4.42 Å². The summed E-state index contributed by atoms with van der Waals surface area (Å²) in [4.78, 5) is 3.90. The van der Waals surface area contributed by atoms with Crippen molar-refractivity contribution >= 4 is 0 Å². The molecule has 0 bridgehead atoms. The van der Waals surface area contributed by atoms with Crippen LogP contribution in [-0.4, -0.2) is 20.8 Å². The summed E-state index contributed by atoms with van der Waals surface area (Å²) in [6.45, 7) is 5.60. The van der Waals surface area contributed by atoms with E-state index >= 15 is 0 Å². The monoisotopic (exact) mass is 220 g/mol. The first-order chi connectivity index (χ1) is 7.74. The second-order valence-electron chi connectivity index (χ2n) is 3.91. The van der Waals surface area contributed by atoms with Gasteiger partial charge in [-0.25, -0.2) is 4.98 Å². The molecule has 1 N–H and O–H groups in total. The Balaban J connectivity index is 1.77. The number of rotatable bonds is 5. The summed E-state index contributed by atoms with van der Waals surface area (Å²) in [5.41, 5.74) is 0. The molecular weight excluding hydrogens is 204 g/mol. The lowest BCUT2D eigenvalue weighted by Gasteiger charge is -2.12. The SMILES string of the molecule is Cc1ccc(CNC(C)Cn2cncn2)o1. The highest BCUT2D eigenvalue weighted by Crippen LogP contribution is 2.05. The van der Waals surface area contributed by atoms with E-state index in [1.54, 1.807) is 12.7 Å². The lowest BCUT2D eigenvalue weighted by Crippen LogP contribution is -2.30. The maximum absolute atomic E-state index is 5.47. The minimum absolute atomic E-state index is 0.326. The molecule has 0 spiro atoms. The molecule has 2 heterocycles. The van der Waals surface area contributed by atoms with Crippen LogP contribution in [-0.2, 0) is 13.1 Å². The predicted octanol–water partition coefficient (Wildman–Crippen LogP) is 1.36. The van der Waals surface area contributed by atoms with E-state index < -0.39 is 0 Å². The summed E-state index contributed by atoms with van der Waals surface area (Å²) in [7, 11) is 0. The van der Waals surface area contributed by atoms with Crippen LogP contribution in [0.3, 0.4) is 0 Å². The Bertz CT molecular complexity index is 421. The maximum atomic E-state index is 5.47. The highest BCUT2D eigenvalue weighted by Gasteiger charge is 2.04. The van der Waals surface area contributed by atoms with Crippen molar-refractivity contribution in [3.05, 3.63) is 36.3 Å². The number of nitrogens with one attached hydrogen (secondary N) is 1. The maximum Gasteiger partial charge on any atom is 0.137 e. The summed E-state index contributed by atoms with van der Waals surface area (Å²) >= 11 is 0. The van der Waals surface area contributed by atoms with Crippen LogP contribution in [0.15, 0.2) is 29.2 Å². The highest BCUT2D eigenvalue weighted by atomic mass is 16.3. The number of furan rings is 1. The largest absolute Gasteiger partial charge is 0.465 e. The Morgan fingerprint density at radius 2 is 2.38 bits per heavy atom. The third-order valence-electron chi connectivity index (χ3n) is 2.35. The molecule has 16 heavy (non-hydrogen) atoms. The Morgan fingerprint density at radius 1 is 1.50 bits per heavy atom. The minimum atomic E-state index is 0.326. The molecule has 2 aromatic heterocycles. The molecule has 0 aliphatic rings. The molecule has 0 saturated heterocycles. The molecule has 0 aliphatic heterocycles. The van der Waals surface area contributed by atoms with Crippen molar-refractivity contribution in [1.82, 2.24) is 20.1 Å². The van der Waals surface area contributed by atoms with Crippen LogP contribution in [0.4, 0.5) is 0 Å². The molecule has 0 aromatic carbocycles. The van der Waals surface area contributed by atoms with Gasteiger partial charge in [0.15, 0.2) is 0 Å². The van der Waals surface area contributed by atoms with Crippen LogP contribution in [0.25, 0.3) is 0 Å². The van der Waals surface area contributed by atoms with Gasteiger partial charge in [0.05, 0.1) is 13.1 Å². The lowest BCUT2D eigenvalue weighted by atomic mass is 10.3. The van der Waals surface area contributed by atoms with Gasteiger partial charge in [-0.2, -0.15) is 5.10 Å². The Morgan fingerprint density at radius 3 is 3.00 bits per heavy atom. The summed E-state index contributed by atoms with van der Waals surface area (Å²) in [5, 5.41) is 7.43. The number of nitrogens with zero attached hydrogens (tertiary/aromatic N) is 3. The first-order valence-corrected chi connectivity index (χ1v) is 5.35. The number of hydrogen-bond acceptors (Lipinski definition) is 4. The molecule has 0 radical (unpaired) electrons. The van der Waals surface area contributed by atoms with E-state index in [1.807, 2.05) is 23.7 Å². The third-order valence-corrected chi connectivity index (χ3v) is 2.35. The topological polar surface area (TPSA) is 55.9 Å². The van der Waals surface area contributed by atoms with E-state index in [9.17, 15) is 0 Å². The van der Waals surface area contributed by atoms with Crippen molar-refractivity contribution < 1.29 is 4.42 Å². The molecule has 0 fully saturated rings. The fraction of sp³-hybridized carbons (Fsp3) is 0.455. The summed E-state index contributed by atoms with van der Waals surface area (Å²) in [6.07, 6.45) is 3.26. The number of aryl methyl sites for hydroxylation is 1. The zero-order valence-corrected chi connectivity index (χ0v) is 9.55. The van der Waals surface area contributed by atoms with Gasteiger partial charge in [0.2, 0.25) is 0 Å². The quantitative estimate of drug-likeness (QED) is 0.826. The van der Waals surface area contributed by atoms with Gasteiger partial charge in [0, 0.05) is 6.04 Å². The summed E-state index contributed by atoms with van der Waals surface area (Å²) in [5.74, 6) is 1.91. The van der Waals surface area contributed by atoms with Crippen LogP contribution in [0.1, 0.15) is 18.4 Å². The Kier molecular flexibility index (Phi) is 3.36. The Hall–Kier alpha value is -1.62. The second kappa shape index (κ2) is 4.94. The molecule has 1 atom stereocenters. The fourth-order valence-corrected chi connectivity index (χ4v) is 1.53. The highest BCUT2D eigenvalue weighted by molar-refractivity contribution is 5.05. The van der Waals surface area contributed by atoms with Crippen LogP contribution in [0, 0.1) is 6.92 Å². The van der Waals surface area contributed by atoms with Crippen molar-refractivity contribution in [1.29, 1.82) is 0 Å². The second-order valence-corrected chi connectivity index (χ2v) is 3.91. The molecule has 2 rings (SSSR count). The van der Waals surface area contributed by atoms with Gasteiger partial charge in [-0.15, -0.1) is 0 Å². The van der Waals surface area contributed by atoms with Gasteiger partial charge < -0.3 is 9.73 Å². The van der Waals surface area contributed by atoms with Crippen LogP contribution in [0.5, 0.6) is 0 Å². The van der Waals surface area contributed by atoms with Gasteiger partial charge in [-0.05, 0) is 26.0 Å². The smallest absolute Gasteiger partial charge is 0.137 e. The van der Waals surface area contributed by atoms with Crippen molar-refractivity contribution in [2.45, 2.75) is 33.0 Å². The third kappa shape index (κ3) is 2.93. The van der Waals surface area contributed by atoms with Crippen LogP contribution < -0.4 is 5.32 Å². The molecule has 0 aliphatic carbocycles. The molecule has 86 valence electrons. The zero-order chi connectivity index (χ0) is 11.4. The van der Waals surface area contributed by atoms with Crippen molar-refractivity contribution in [3.63, 3.8) is 0 Å². The molecule has 5 heteroatoms. The summed E-state index contributed by atoms with van der Waals surface area (Å²) in [6, 6.07) is 4.29. The van der Waals surface area contributed by atoms with Crippen molar-refractivity contribution in [3.8, 4) is 0 Å². The van der Waals surface area contributed by atoms with E-state index in [-0.39, 0.29) is 0 Å². The average molecular weight is 220 g/mol.